The Kier molecular flexibility index (Phi) is 4.30. The van der Waals surface area contributed by atoms with Crippen LogP contribution in [0.25, 0.3) is 10.9 Å². The molecule has 3 aromatic heterocycles. The van der Waals surface area contributed by atoms with Gasteiger partial charge in [0.15, 0.2) is 1.41 Å². The molecule has 1 aromatic carbocycles. The van der Waals surface area contributed by atoms with E-state index < -0.39 is 17.8 Å². The highest BCUT2D eigenvalue weighted by Gasteiger charge is 2.58. The number of carbonyl (C=O) groups is 1. The fourth-order valence-corrected chi connectivity index (χ4v) is 5.25. The fourth-order valence-electron chi connectivity index (χ4n) is 5.25. The van der Waals surface area contributed by atoms with Gasteiger partial charge in [-0.25, -0.2) is 13.8 Å². The van der Waals surface area contributed by atoms with Gasteiger partial charge in [0.25, 0.3) is 11.8 Å². The van der Waals surface area contributed by atoms with E-state index in [1.54, 1.807) is 48.3 Å². The van der Waals surface area contributed by atoms with Crippen molar-refractivity contribution in [2.24, 2.45) is 13.0 Å². The van der Waals surface area contributed by atoms with Crippen molar-refractivity contribution in [3.05, 3.63) is 71.4 Å². The molecule has 37 heavy (non-hydrogen) atoms. The number of hydrogen-bond donors (Lipinski definition) is 1. The van der Waals surface area contributed by atoms with E-state index in [1.807, 2.05) is 10.8 Å². The summed E-state index contributed by atoms with van der Waals surface area (Å²) in [7, 11) is 1.81. The number of nitrogens with zero attached hydrogens (tertiary/aromatic N) is 6. The molecule has 1 amide bonds. The zero-order chi connectivity index (χ0) is 26.3. The van der Waals surface area contributed by atoms with Crippen LogP contribution in [0.5, 0.6) is 0 Å². The van der Waals surface area contributed by atoms with Crippen LogP contribution < -0.4 is 10.4 Å². The Bertz CT molecular complexity index is 1650. The number of hydrogen-bond acceptors (Lipinski definition) is 5. The molecule has 7 rings (SSSR count). The predicted molar refractivity (Wildman–Crippen MR) is 132 cm³/mol. The van der Waals surface area contributed by atoms with Gasteiger partial charge >= 0.3 is 0 Å². The standard InChI is InChI=1S/C27H23F2N7O/c1-34-13-17-8-19(5-7-21(17)32-34)36-26(37)23(16-4-6-22(31-11-16)20-9-27(20,28)29)25-24(33-36)18(10-30)14-35(25)12-15-2-3-15/h4-8,11,13-15,20,23,33H,2-3,9,12H2,1H3/t20?,23-/m0/s1/i/hD. The lowest BCUT2D eigenvalue weighted by Crippen LogP contribution is -2.45. The molecule has 1 unspecified atom stereocenters. The van der Waals surface area contributed by atoms with E-state index in [0.29, 0.717) is 46.4 Å². The number of carbonyl (C=O) groups excluding carboxylic acids is 1. The third kappa shape index (κ3) is 3.56. The molecule has 1 aliphatic heterocycles. The zero-order valence-corrected chi connectivity index (χ0v) is 20.0. The van der Waals surface area contributed by atoms with Crippen LogP contribution in [0.4, 0.5) is 20.2 Å². The molecule has 3 aliphatic rings. The molecule has 2 saturated carbocycles. The van der Waals surface area contributed by atoms with Gasteiger partial charge in [-0.1, -0.05) is 6.07 Å². The molecule has 4 heterocycles. The lowest BCUT2D eigenvalue weighted by molar-refractivity contribution is -0.119. The van der Waals surface area contributed by atoms with Crippen LogP contribution in [-0.4, -0.2) is 31.2 Å². The Labute approximate surface area is 212 Å². The molecular formula is C27H23F2N7O. The van der Waals surface area contributed by atoms with Crippen molar-refractivity contribution in [3.8, 4) is 6.07 Å². The maximum atomic E-state index is 14.2. The first-order chi connectivity index (χ1) is 18.2. The van der Waals surface area contributed by atoms with Crippen LogP contribution in [0.1, 0.15) is 53.6 Å². The second-order valence-corrected chi connectivity index (χ2v) is 10.2. The molecule has 10 heteroatoms. The minimum absolute atomic E-state index is 0.222. The number of benzene rings is 1. The summed E-state index contributed by atoms with van der Waals surface area (Å²) < 4.78 is 39.9. The SMILES string of the molecule is [2H]N1c2c(C#N)cn(CC3CC3)c2[C@H](c2ccc(C3CC3(F)F)nc2)C(=O)N1c1ccc2nn(C)cc2c1. The molecule has 0 spiro atoms. The highest BCUT2D eigenvalue weighted by atomic mass is 19.3. The molecular weight excluding hydrogens is 476 g/mol. The van der Waals surface area contributed by atoms with Crippen molar-refractivity contribution < 1.29 is 15.0 Å². The van der Waals surface area contributed by atoms with E-state index in [1.165, 1.54) is 11.2 Å². The van der Waals surface area contributed by atoms with Gasteiger partial charge in [-0.15, -0.1) is 0 Å². The number of alkyl halides is 2. The molecule has 2 aliphatic carbocycles. The zero-order valence-electron chi connectivity index (χ0n) is 21.0. The van der Waals surface area contributed by atoms with Gasteiger partial charge in [-0.2, -0.15) is 10.4 Å². The third-order valence-corrected chi connectivity index (χ3v) is 7.47. The summed E-state index contributed by atoms with van der Waals surface area (Å²) in [5, 5.41) is 16.4. The van der Waals surface area contributed by atoms with E-state index in [0.717, 1.165) is 29.2 Å². The number of aryl methyl sites for hydroxylation is 1. The lowest BCUT2D eigenvalue weighted by atomic mass is 9.92. The average Bonchev–Trinajstić information content (AvgIpc) is 3.74. The van der Waals surface area contributed by atoms with Crippen LogP contribution in [0.2, 0.25) is 1.41 Å². The van der Waals surface area contributed by atoms with Crippen LogP contribution >= 0.6 is 0 Å². The molecule has 0 radical (unpaired) electrons. The summed E-state index contributed by atoms with van der Waals surface area (Å²) in [4.78, 5) is 18.5. The van der Waals surface area contributed by atoms with Crippen molar-refractivity contribution in [1.82, 2.24) is 19.3 Å². The number of rotatable bonds is 5. The number of nitrogens with one attached hydrogen (secondary N) is 1. The second kappa shape index (κ2) is 7.62. The smallest absolute Gasteiger partial charge is 0.259 e. The van der Waals surface area contributed by atoms with E-state index >= 15 is 0 Å². The van der Waals surface area contributed by atoms with Gasteiger partial charge in [-0.3, -0.25) is 19.9 Å². The molecule has 2 fully saturated rings. The van der Waals surface area contributed by atoms with E-state index in [4.69, 9.17) is 1.41 Å². The van der Waals surface area contributed by atoms with Crippen molar-refractivity contribution in [2.45, 2.75) is 43.6 Å². The number of halogens is 2. The fraction of sp³-hybridized carbons (Fsp3) is 0.333. The first kappa shape index (κ1) is 20.9. The number of anilines is 2. The molecule has 8 nitrogen and oxygen atoms in total. The minimum Gasteiger partial charge on any atom is -0.347 e. The first-order valence-electron chi connectivity index (χ1n) is 12.7. The first-order valence-corrected chi connectivity index (χ1v) is 12.3. The Balaban J connectivity index is 1.38. The Morgan fingerprint density at radius 1 is 1.27 bits per heavy atom. The monoisotopic (exact) mass is 500 g/mol. The van der Waals surface area contributed by atoms with Gasteiger partial charge in [-0.05, 0) is 48.6 Å². The summed E-state index contributed by atoms with van der Waals surface area (Å²) in [6, 6.07) is 10.7. The van der Waals surface area contributed by atoms with Crippen molar-refractivity contribution in [1.29, 1.82) is 5.26 Å². The molecule has 0 saturated heterocycles. The Morgan fingerprint density at radius 2 is 2.08 bits per heavy atom. The summed E-state index contributed by atoms with van der Waals surface area (Å²) in [5.74, 6) is -4.43. The minimum atomic E-state index is -2.74. The van der Waals surface area contributed by atoms with E-state index in [9.17, 15) is 18.8 Å². The van der Waals surface area contributed by atoms with Gasteiger partial charge in [0.2, 0.25) is 0 Å². The molecule has 1 N–H and O–H groups in total. The maximum absolute atomic E-state index is 14.2. The average molecular weight is 501 g/mol. The largest absolute Gasteiger partial charge is 0.347 e. The van der Waals surface area contributed by atoms with Gasteiger partial charge in [0.05, 0.1) is 34.1 Å². The van der Waals surface area contributed by atoms with E-state index in [-0.39, 0.29) is 12.3 Å². The normalized spacial score (nSPS) is 22.6. The maximum Gasteiger partial charge on any atom is 0.259 e. The Morgan fingerprint density at radius 3 is 2.76 bits per heavy atom. The van der Waals surface area contributed by atoms with Crippen LogP contribution in [-0.2, 0) is 18.4 Å². The highest BCUT2D eigenvalue weighted by molar-refractivity contribution is 6.06. The highest BCUT2D eigenvalue weighted by Crippen LogP contribution is 2.55. The summed E-state index contributed by atoms with van der Waals surface area (Å²) in [5.41, 5.74) is 4.23. The summed E-state index contributed by atoms with van der Waals surface area (Å²) in [6.07, 6.45) is 6.94. The molecule has 186 valence electrons. The summed E-state index contributed by atoms with van der Waals surface area (Å²) >= 11 is 0. The molecule has 4 aromatic rings. The second-order valence-electron chi connectivity index (χ2n) is 10.2. The van der Waals surface area contributed by atoms with Gasteiger partial charge in [0.1, 0.15) is 12.0 Å². The number of aromatic nitrogens is 4. The Hall–Kier alpha value is -4.26. The lowest BCUT2D eigenvalue weighted by Gasteiger charge is -2.35. The number of nitriles is 1. The quantitative estimate of drug-likeness (QED) is 0.430. The van der Waals surface area contributed by atoms with Crippen molar-refractivity contribution in [3.63, 3.8) is 0 Å². The predicted octanol–water partition coefficient (Wildman–Crippen LogP) is 4.68. The van der Waals surface area contributed by atoms with Crippen LogP contribution in [0.15, 0.2) is 48.9 Å². The molecule has 2 atom stereocenters. The molecule has 0 bridgehead atoms. The van der Waals surface area contributed by atoms with Gasteiger partial charge in [0, 0.05) is 49.7 Å². The number of fused-ring (bicyclic) bond motifs is 2. The number of amides is 1. The third-order valence-electron chi connectivity index (χ3n) is 7.47. The van der Waals surface area contributed by atoms with E-state index in [2.05, 4.69) is 16.2 Å². The van der Waals surface area contributed by atoms with Crippen molar-refractivity contribution in [2.75, 3.05) is 10.4 Å². The topological polar surface area (TPSA) is 91.8 Å². The number of pyridine rings is 1. The van der Waals surface area contributed by atoms with Gasteiger partial charge < -0.3 is 4.57 Å². The number of hydrazine groups is 1. The van der Waals surface area contributed by atoms with Crippen LogP contribution in [0, 0.1) is 17.2 Å². The van der Waals surface area contributed by atoms with Crippen LogP contribution in [0.3, 0.4) is 0 Å². The van der Waals surface area contributed by atoms with Crippen molar-refractivity contribution >= 4 is 28.2 Å². The summed E-state index contributed by atoms with van der Waals surface area (Å²) in [6.45, 7) is 0.642.